The molecule has 0 aliphatic carbocycles. The second kappa shape index (κ2) is 7.47. The molecule has 5 N–H and O–H groups in total. The molecule has 0 bridgehead atoms. The van der Waals surface area contributed by atoms with Gasteiger partial charge in [-0.1, -0.05) is 6.07 Å². The van der Waals surface area contributed by atoms with Crippen molar-refractivity contribution < 1.29 is 9.53 Å². The van der Waals surface area contributed by atoms with E-state index in [0.29, 0.717) is 25.1 Å². The Bertz CT molecular complexity index is 732. The fourth-order valence-electron chi connectivity index (χ4n) is 4.98. The van der Waals surface area contributed by atoms with Gasteiger partial charge in [0, 0.05) is 37.6 Å². The molecule has 0 spiro atoms. The number of amides is 1. The van der Waals surface area contributed by atoms with E-state index in [9.17, 15) is 4.79 Å². The first-order chi connectivity index (χ1) is 13.7. The number of hydrogen-bond donors (Lipinski definition) is 4. The maximum absolute atomic E-state index is 12.0. The molecule has 5 rings (SSSR count). The number of fused-ring (bicyclic) bond motifs is 1. The zero-order valence-electron chi connectivity index (χ0n) is 16.0. The van der Waals surface area contributed by atoms with Crippen LogP contribution in [-0.2, 0) is 4.74 Å². The summed E-state index contributed by atoms with van der Waals surface area (Å²) in [5.74, 6) is 1.36. The van der Waals surface area contributed by atoms with Crippen LogP contribution in [0.2, 0.25) is 0 Å². The number of nitrogens with zero attached hydrogens (tertiary/aromatic N) is 3. The van der Waals surface area contributed by atoms with E-state index in [1.54, 1.807) is 0 Å². The van der Waals surface area contributed by atoms with E-state index in [1.165, 1.54) is 0 Å². The van der Waals surface area contributed by atoms with Crippen molar-refractivity contribution in [2.75, 3.05) is 37.7 Å². The van der Waals surface area contributed by atoms with Gasteiger partial charge in [0.15, 0.2) is 0 Å². The molecule has 4 aliphatic heterocycles. The van der Waals surface area contributed by atoms with E-state index in [1.807, 2.05) is 4.90 Å². The summed E-state index contributed by atoms with van der Waals surface area (Å²) in [7, 11) is 0. The van der Waals surface area contributed by atoms with Crippen molar-refractivity contribution in [3.05, 3.63) is 23.9 Å². The van der Waals surface area contributed by atoms with Gasteiger partial charge < -0.3 is 15.4 Å². The van der Waals surface area contributed by atoms with E-state index in [4.69, 9.17) is 15.5 Å². The average molecular weight is 387 g/mol. The number of cyclic esters (lactones) is 1. The topological polar surface area (TPSA) is 108 Å². The van der Waals surface area contributed by atoms with Crippen LogP contribution in [0.15, 0.2) is 18.2 Å². The molecular formula is C19H29N7O2. The molecule has 0 aromatic carbocycles. The number of hydrazine groups is 1. The highest BCUT2D eigenvalue weighted by Crippen LogP contribution is 2.35. The highest BCUT2D eigenvalue weighted by molar-refractivity contribution is 5.69. The van der Waals surface area contributed by atoms with Crippen LogP contribution in [0.5, 0.6) is 0 Å². The molecule has 0 saturated carbocycles. The zero-order valence-corrected chi connectivity index (χ0v) is 16.0. The van der Waals surface area contributed by atoms with Gasteiger partial charge in [-0.25, -0.2) is 15.2 Å². The second-order valence-electron chi connectivity index (χ2n) is 8.27. The van der Waals surface area contributed by atoms with Gasteiger partial charge in [0.05, 0.1) is 24.4 Å². The number of pyridine rings is 1. The Labute approximate surface area is 164 Å². The highest BCUT2D eigenvalue weighted by Gasteiger charge is 2.44. The first kappa shape index (κ1) is 18.1. The van der Waals surface area contributed by atoms with Crippen molar-refractivity contribution in [3.8, 4) is 0 Å². The summed E-state index contributed by atoms with van der Waals surface area (Å²) in [6.45, 7) is 3.82. The minimum absolute atomic E-state index is 0.0173. The van der Waals surface area contributed by atoms with Crippen molar-refractivity contribution in [1.82, 2.24) is 26.1 Å². The Morgan fingerprint density at radius 2 is 2.18 bits per heavy atom. The quantitative estimate of drug-likeness (QED) is 0.570. The number of aromatic nitrogens is 1. The van der Waals surface area contributed by atoms with Crippen molar-refractivity contribution in [2.24, 2.45) is 11.7 Å². The molecule has 4 aliphatic rings. The first-order valence-corrected chi connectivity index (χ1v) is 10.3. The molecule has 4 fully saturated rings. The molecule has 9 heteroatoms. The van der Waals surface area contributed by atoms with Crippen molar-refractivity contribution in [3.63, 3.8) is 0 Å². The average Bonchev–Trinajstić information content (AvgIpc) is 3.33. The van der Waals surface area contributed by atoms with E-state index < -0.39 is 0 Å². The normalized spacial score (nSPS) is 35.8. The monoisotopic (exact) mass is 387 g/mol. The predicted octanol–water partition coefficient (Wildman–Crippen LogP) is -0.0856. The second-order valence-corrected chi connectivity index (χ2v) is 8.27. The number of ether oxygens (including phenoxy) is 1. The van der Waals surface area contributed by atoms with E-state index in [-0.39, 0.29) is 24.3 Å². The maximum Gasteiger partial charge on any atom is 0.411 e. The molecule has 4 saturated heterocycles. The van der Waals surface area contributed by atoms with E-state index in [2.05, 4.69) is 39.3 Å². The molecule has 5 heterocycles. The molecule has 4 unspecified atom stereocenters. The lowest BCUT2D eigenvalue weighted by molar-refractivity contribution is 0.115. The van der Waals surface area contributed by atoms with Gasteiger partial charge in [-0.2, -0.15) is 0 Å². The van der Waals surface area contributed by atoms with Gasteiger partial charge >= 0.3 is 6.09 Å². The highest BCUT2D eigenvalue weighted by atomic mass is 16.6. The molecule has 152 valence electrons. The number of piperidine rings is 2. The van der Waals surface area contributed by atoms with E-state index in [0.717, 1.165) is 50.4 Å². The minimum atomic E-state index is -0.215. The molecule has 28 heavy (non-hydrogen) atoms. The van der Waals surface area contributed by atoms with Crippen LogP contribution in [-0.4, -0.2) is 67.0 Å². The van der Waals surface area contributed by atoms with Crippen molar-refractivity contribution in [1.29, 1.82) is 0 Å². The summed E-state index contributed by atoms with van der Waals surface area (Å²) < 4.78 is 5.12. The van der Waals surface area contributed by atoms with Crippen LogP contribution in [0, 0.1) is 5.92 Å². The first-order valence-electron chi connectivity index (χ1n) is 10.3. The van der Waals surface area contributed by atoms with Crippen molar-refractivity contribution >= 4 is 11.9 Å². The third kappa shape index (κ3) is 3.32. The zero-order chi connectivity index (χ0) is 19.1. The predicted molar refractivity (Wildman–Crippen MR) is 104 cm³/mol. The van der Waals surface area contributed by atoms with E-state index >= 15 is 0 Å². The third-order valence-electron chi connectivity index (χ3n) is 6.46. The molecule has 5 atom stereocenters. The lowest BCUT2D eigenvalue weighted by Crippen LogP contribution is -2.56. The number of carbonyl (C=O) groups is 1. The minimum Gasteiger partial charge on any atom is -0.447 e. The fraction of sp³-hybridized carbons (Fsp3) is 0.684. The number of nitrogens with one attached hydrogen (secondary N) is 3. The fourth-order valence-corrected chi connectivity index (χ4v) is 4.98. The van der Waals surface area contributed by atoms with Crippen LogP contribution in [0.25, 0.3) is 0 Å². The lowest BCUT2D eigenvalue weighted by atomic mass is 9.85. The summed E-state index contributed by atoms with van der Waals surface area (Å²) in [5, 5.41) is 3.48. The third-order valence-corrected chi connectivity index (χ3v) is 6.46. The number of rotatable bonds is 3. The lowest BCUT2D eigenvalue weighted by Gasteiger charge is -2.37. The summed E-state index contributed by atoms with van der Waals surface area (Å²) in [6.07, 6.45) is 2.86. The van der Waals surface area contributed by atoms with Gasteiger partial charge in [0.2, 0.25) is 0 Å². The summed E-state index contributed by atoms with van der Waals surface area (Å²) in [4.78, 5) is 21.1. The molecule has 1 aromatic heterocycles. The Balaban J connectivity index is 1.33. The number of hydrogen-bond acceptors (Lipinski definition) is 8. The Kier molecular flexibility index (Phi) is 4.83. The number of anilines is 1. The number of nitrogens with two attached hydrogens (primary N) is 1. The molecule has 1 aromatic rings. The maximum atomic E-state index is 12.0. The Hall–Kier alpha value is -1.94. The standard InChI is InChI=1S/C19H29N7O2/c20-12-3-2-6-25(11-12)16-5-1-4-14(22-16)18-13-9-17(21-10-15(13)23-24-18)26-7-8-28-19(26)27/h1,4-5,12-13,15,17-18,21,23-24H,2-3,6-11,20H2/t12-,13?,15?,17?,18?/m1/s1. The SMILES string of the molecule is N[C@@H]1CCCN(c2cccc(C3NNC4CNC(N5CCOC5=O)CC43)n2)C1. The largest absolute Gasteiger partial charge is 0.447 e. The van der Waals surface area contributed by atoms with Crippen molar-refractivity contribution in [2.45, 2.75) is 43.6 Å². The van der Waals surface area contributed by atoms with Gasteiger partial charge in [0.25, 0.3) is 0 Å². The van der Waals surface area contributed by atoms with Crippen LogP contribution in [0.3, 0.4) is 0 Å². The molecule has 9 nitrogen and oxygen atoms in total. The van der Waals surface area contributed by atoms with Gasteiger partial charge in [-0.15, -0.1) is 0 Å². The summed E-state index contributed by atoms with van der Waals surface area (Å²) >= 11 is 0. The van der Waals surface area contributed by atoms with Gasteiger partial charge in [-0.05, 0) is 31.4 Å². The number of carbonyl (C=O) groups excluding carboxylic acids is 1. The van der Waals surface area contributed by atoms with Crippen LogP contribution >= 0.6 is 0 Å². The summed E-state index contributed by atoms with van der Waals surface area (Å²) in [6, 6.07) is 6.91. The smallest absolute Gasteiger partial charge is 0.411 e. The molecular weight excluding hydrogens is 358 g/mol. The van der Waals surface area contributed by atoms with Gasteiger partial charge in [0.1, 0.15) is 12.4 Å². The summed E-state index contributed by atoms with van der Waals surface area (Å²) in [5.41, 5.74) is 14.1. The van der Waals surface area contributed by atoms with Crippen LogP contribution in [0.1, 0.15) is 31.0 Å². The van der Waals surface area contributed by atoms with Gasteiger partial charge in [-0.3, -0.25) is 15.6 Å². The molecule has 0 radical (unpaired) electrons. The molecule has 1 amide bonds. The van der Waals surface area contributed by atoms with Crippen LogP contribution in [0.4, 0.5) is 10.6 Å². The Morgan fingerprint density at radius 3 is 3.00 bits per heavy atom. The Morgan fingerprint density at radius 1 is 1.25 bits per heavy atom. The van der Waals surface area contributed by atoms with Crippen LogP contribution < -0.4 is 26.8 Å².